The first kappa shape index (κ1) is 19.6. The van der Waals surface area contributed by atoms with Crippen molar-refractivity contribution in [3.63, 3.8) is 0 Å². The predicted molar refractivity (Wildman–Crippen MR) is 111 cm³/mol. The van der Waals surface area contributed by atoms with E-state index in [0.29, 0.717) is 19.4 Å². The maximum atomic E-state index is 12.9. The molecule has 1 aliphatic heterocycles. The molecule has 3 rings (SSSR count). The summed E-state index contributed by atoms with van der Waals surface area (Å²) in [7, 11) is 1.69. The zero-order valence-electron chi connectivity index (χ0n) is 16.2. The van der Waals surface area contributed by atoms with Crippen molar-refractivity contribution in [2.45, 2.75) is 39.0 Å². The van der Waals surface area contributed by atoms with Crippen molar-refractivity contribution in [1.82, 2.24) is 10.2 Å². The molecule has 0 bridgehead atoms. The van der Waals surface area contributed by atoms with Gasteiger partial charge in [0.15, 0.2) is 0 Å². The Morgan fingerprint density at radius 1 is 1.26 bits per heavy atom. The SMILES string of the molecule is CCCC(=O)N1CCCC(Cc2cccc(-c3cccs3)c2)(C(=O)NC)C1. The molecule has 1 aliphatic rings. The molecule has 1 aromatic carbocycles. The van der Waals surface area contributed by atoms with Crippen LogP contribution in [0.1, 0.15) is 38.2 Å². The lowest BCUT2D eigenvalue weighted by Gasteiger charge is -2.41. The average Bonchev–Trinajstić information content (AvgIpc) is 3.23. The van der Waals surface area contributed by atoms with Crippen LogP contribution in [0.4, 0.5) is 0 Å². The molecule has 27 heavy (non-hydrogen) atoms. The van der Waals surface area contributed by atoms with Gasteiger partial charge in [0.2, 0.25) is 11.8 Å². The van der Waals surface area contributed by atoms with E-state index in [-0.39, 0.29) is 11.8 Å². The number of rotatable bonds is 6. The van der Waals surface area contributed by atoms with E-state index in [9.17, 15) is 9.59 Å². The number of piperidine rings is 1. The minimum atomic E-state index is -0.551. The van der Waals surface area contributed by atoms with Crippen LogP contribution in [0.2, 0.25) is 0 Å². The molecule has 1 atom stereocenters. The fraction of sp³-hybridized carbons (Fsp3) is 0.455. The first-order chi connectivity index (χ1) is 13.1. The topological polar surface area (TPSA) is 49.4 Å². The molecule has 1 N–H and O–H groups in total. The van der Waals surface area contributed by atoms with Gasteiger partial charge in [0.05, 0.1) is 5.41 Å². The van der Waals surface area contributed by atoms with Crippen LogP contribution in [0.3, 0.4) is 0 Å². The first-order valence-electron chi connectivity index (χ1n) is 9.71. The maximum absolute atomic E-state index is 12.9. The van der Waals surface area contributed by atoms with E-state index >= 15 is 0 Å². The Labute approximate surface area is 165 Å². The Balaban J connectivity index is 1.86. The van der Waals surface area contributed by atoms with Crippen molar-refractivity contribution >= 4 is 23.2 Å². The summed E-state index contributed by atoms with van der Waals surface area (Å²) >= 11 is 1.72. The molecule has 2 amide bonds. The highest BCUT2D eigenvalue weighted by Gasteiger charge is 2.42. The third-order valence-corrected chi connectivity index (χ3v) is 6.30. The zero-order valence-corrected chi connectivity index (χ0v) is 17.0. The number of hydrogen-bond donors (Lipinski definition) is 1. The van der Waals surface area contributed by atoms with Gasteiger partial charge in [-0.15, -0.1) is 11.3 Å². The maximum Gasteiger partial charge on any atom is 0.228 e. The highest BCUT2D eigenvalue weighted by Crippen LogP contribution is 2.36. The number of likely N-dealkylation sites (tertiary alicyclic amines) is 1. The Bertz CT molecular complexity index is 787. The van der Waals surface area contributed by atoms with Crippen molar-refractivity contribution in [2.24, 2.45) is 5.41 Å². The van der Waals surface area contributed by atoms with E-state index in [0.717, 1.165) is 31.4 Å². The molecule has 5 heteroatoms. The molecule has 4 nitrogen and oxygen atoms in total. The molecule has 2 aromatic rings. The standard InChI is InChI=1S/C22H28N2O2S/c1-3-7-20(25)24-12-6-11-22(16-24,21(26)23-2)15-17-8-4-9-18(14-17)19-10-5-13-27-19/h4-5,8-10,13-14H,3,6-7,11-12,15-16H2,1-2H3,(H,23,26). The van der Waals surface area contributed by atoms with Crippen molar-refractivity contribution in [3.05, 3.63) is 47.3 Å². The van der Waals surface area contributed by atoms with Crippen LogP contribution in [0, 0.1) is 5.41 Å². The predicted octanol–water partition coefficient (Wildman–Crippen LogP) is 4.11. The molecule has 0 radical (unpaired) electrons. The van der Waals surface area contributed by atoms with Crippen LogP contribution in [0.25, 0.3) is 10.4 Å². The van der Waals surface area contributed by atoms with Gasteiger partial charge >= 0.3 is 0 Å². The van der Waals surface area contributed by atoms with E-state index in [1.54, 1.807) is 18.4 Å². The lowest BCUT2D eigenvalue weighted by Crippen LogP contribution is -2.53. The number of carbonyl (C=O) groups is 2. The zero-order chi connectivity index (χ0) is 19.3. The van der Waals surface area contributed by atoms with Crippen molar-refractivity contribution in [1.29, 1.82) is 0 Å². The van der Waals surface area contributed by atoms with Gasteiger partial charge in [-0.2, -0.15) is 0 Å². The number of nitrogens with one attached hydrogen (secondary N) is 1. The summed E-state index contributed by atoms with van der Waals surface area (Å²) in [6, 6.07) is 12.6. The number of hydrogen-bond acceptors (Lipinski definition) is 3. The Hall–Kier alpha value is -2.14. The van der Waals surface area contributed by atoms with Crippen LogP contribution in [-0.2, 0) is 16.0 Å². The quantitative estimate of drug-likeness (QED) is 0.815. The summed E-state index contributed by atoms with van der Waals surface area (Å²) in [5.41, 5.74) is 1.78. The summed E-state index contributed by atoms with van der Waals surface area (Å²) < 4.78 is 0. The minimum Gasteiger partial charge on any atom is -0.359 e. The highest BCUT2D eigenvalue weighted by atomic mass is 32.1. The Morgan fingerprint density at radius 2 is 2.11 bits per heavy atom. The number of amides is 2. The number of thiophene rings is 1. The summed E-state index contributed by atoms with van der Waals surface area (Å²) in [5, 5.41) is 4.93. The largest absolute Gasteiger partial charge is 0.359 e. The lowest BCUT2D eigenvalue weighted by molar-refractivity contribution is -0.141. The van der Waals surface area contributed by atoms with Gasteiger partial charge in [0.25, 0.3) is 0 Å². The summed E-state index contributed by atoms with van der Waals surface area (Å²) in [6.07, 6.45) is 3.73. The molecule has 144 valence electrons. The van der Waals surface area contributed by atoms with Gasteiger partial charge in [-0.3, -0.25) is 9.59 Å². The Morgan fingerprint density at radius 3 is 2.81 bits per heavy atom. The van der Waals surface area contributed by atoms with Gasteiger partial charge in [-0.05, 0) is 48.3 Å². The third-order valence-electron chi connectivity index (χ3n) is 5.38. The first-order valence-corrected chi connectivity index (χ1v) is 10.6. The molecule has 1 unspecified atom stereocenters. The molecule has 1 aromatic heterocycles. The fourth-order valence-electron chi connectivity index (χ4n) is 4.06. The summed E-state index contributed by atoms with van der Waals surface area (Å²) in [4.78, 5) is 28.5. The van der Waals surface area contributed by atoms with Crippen molar-refractivity contribution < 1.29 is 9.59 Å². The fourth-order valence-corrected chi connectivity index (χ4v) is 4.78. The number of nitrogens with zero attached hydrogens (tertiary/aromatic N) is 1. The second-order valence-corrected chi connectivity index (χ2v) is 8.33. The highest BCUT2D eigenvalue weighted by molar-refractivity contribution is 7.13. The smallest absolute Gasteiger partial charge is 0.228 e. The van der Waals surface area contributed by atoms with Crippen LogP contribution < -0.4 is 5.32 Å². The van der Waals surface area contributed by atoms with Crippen LogP contribution in [0.5, 0.6) is 0 Å². The van der Waals surface area contributed by atoms with Crippen molar-refractivity contribution in [3.8, 4) is 10.4 Å². The second-order valence-electron chi connectivity index (χ2n) is 7.38. The van der Waals surface area contributed by atoms with E-state index < -0.39 is 5.41 Å². The molecule has 1 fully saturated rings. The van der Waals surface area contributed by atoms with Gasteiger partial charge < -0.3 is 10.2 Å². The van der Waals surface area contributed by atoms with Crippen LogP contribution >= 0.6 is 11.3 Å². The van der Waals surface area contributed by atoms with Crippen LogP contribution in [0.15, 0.2) is 41.8 Å². The molecular weight excluding hydrogens is 356 g/mol. The number of carbonyl (C=O) groups excluding carboxylic acids is 2. The summed E-state index contributed by atoms with van der Waals surface area (Å²) in [5.74, 6) is 0.204. The molecule has 0 spiro atoms. The molecule has 0 aliphatic carbocycles. The van der Waals surface area contributed by atoms with E-state index in [1.165, 1.54) is 10.4 Å². The normalized spacial score (nSPS) is 19.7. The molecule has 2 heterocycles. The Kier molecular flexibility index (Phi) is 6.32. The van der Waals surface area contributed by atoms with Crippen LogP contribution in [-0.4, -0.2) is 36.9 Å². The summed E-state index contributed by atoms with van der Waals surface area (Å²) in [6.45, 7) is 3.28. The monoisotopic (exact) mass is 384 g/mol. The minimum absolute atomic E-state index is 0.0398. The lowest BCUT2D eigenvalue weighted by atomic mass is 9.74. The van der Waals surface area contributed by atoms with E-state index in [4.69, 9.17) is 0 Å². The van der Waals surface area contributed by atoms with Gasteiger partial charge in [-0.25, -0.2) is 0 Å². The van der Waals surface area contributed by atoms with Gasteiger partial charge in [0.1, 0.15) is 0 Å². The third kappa shape index (κ3) is 4.41. The van der Waals surface area contributed by atoms with Gasteiger partial charge in [-0.1, -0.05) is 37.3 Å². The second kappa shape index (κ2) is 8.70. The average molecular weight is 385 g/mol. The van der Waals surface area contributed by atoms with Crippen molar-refractivity contribution in [2.75, 3.05) is 20.1 Å². The molecule has 0 saturated carbocycles. The number of benzene rings is 1. The van der Waals surface area contributed by atoms with Gasteiger partial charge in [0, 0.05) is 31.4 Å². The molecular formula is C22H28N2O2S. The molecule has 1 saturated heterocycles. The van der Waals surface area contributed by atoms with E-state index in [2.05, 4.69) is 47.1 Å². The van der Waals surface area contributed by atoms with E-state index in [1.807, 2.05) is 11.8 Å².